The molecule has 0 amide bonds. The normalized spacial score (nSPS) is 10.9. The van der Waals surface area contributed by atoms with E-state index in [4.69, 9.17) is 0 Å². The highest BCUT2D eigenvalue weighted by atomic mass is 16.5. The summed E-state index contributed by atoms with van der Waals surface area (Å²) in [5, 5.41) is 16.7. The van der Waals surface area contributed by atoms with E-state index in [2.05, 4.69) is 10.7 Å². The van der Waals surface area contributed by atoms with Crippen LogP contribution in [0.25, 0.3) is 32.7 Å². The lowest BCUT2D eigenvalue weighted by Gasteiger charge is -2.15. The van der Waals surface area contributed by atoms with Crippen LogP contribution in [0.15, 0.2) is 78.0 Å². The van der Waals surface area contributed by atoms with Crippen LogP contribution in [0.4, 0.5) is 11.4 Å². The number of nitrogens with one attached hydrogen (secondary N) is 1. The predicted octanol–water partition coefficient (Wildman–Crippen LogP) is 5.86. The fraction of sp³-hybridized carbons (Fsp3) is 0. The Labute approximate surface area is 138 Å². The summed E-state index contributed by atoms with van der Waals surface area (Å²) in [4.78, 5) is 11.4. The highest BCUT2D eigenvalue weighted by Gasteiger charge is 2.17. The van der Waals surface area contributed by atoms with Crippen LogP contribution in [-0.2, 0) is 0 Å². The average molecular weight is 314 g/mol. The third-order valence-corrected chi connectivity index (χ3v) is 4.30. The van der Waals surface area contributed by atoms with Crippen molar-refractivity contribution >= 4 is 32.9 Å². The van der Waals surface area contributed by atoms with Crippen LogP contribution < -0.4 is 5.48 Å². The molecule has 0 saturated heterocycles. The van der Waals surface area contributed by atoms with Crippen molar-refractivity contribution in [1.82, 2.24) is 0 Å². The summed E-state index contributed by atoms with van der Waals surface area (Å²) in [5.41, 5.74) is 4.63. The second kappa shape index (κ2) is 5.76. The van der Waals surface area contributed by atoms with Gasteiger partial charge in [-0.15, -0.1) is 4.91 Å². The smallest absolute Gasteiger partial charge is 0.116 e. The van der Waals surface area contributed by atoms with Crippen LogP contribution in [0.2, 0.25) is 0 Å². The number of hydrogen-bond donors (Lipinski definition) is 2. The van der Waals surface area contributed by atoms with Gasteiger partial charge in [0.2, 0.25) is 0 Å². The van der Waals surface area contributed by atoms with Gasteiger partial charge in [-0.25, -0.2) is 0 Å². The lowest BCUT2D eigenvalue weighted by atomic mass is 9.91. The van der Waals surface area contributed by atoms with E-state index >= 15 is 0 Å². The van der Waals surface area contributed by atoms with Gasteiger partial charge in [-0.1, -0.05) is 60.7 Å². The van der Waals surface area contributed by atoms with Crippen molar-refractivity contribution in [3.05, 3.63) is 77.7 Å². The monoisotopic (exact) mass is 314 g/mol. The van der Waals surface area contributed by atoms with Crippen LogP contribution in [0.5, 0.6) is 0 Å². The number of anilines is 1. The first-order valence-electron chi connectivity index (χ1n) is 7.61. The van der Waals surface area contributed by atoms with Gasteiger partial charge >= 0.3 is 0 Å². The molecule has 0 atom stereocenters. The Kier molecular flexibility index (Phi) is 3.44. The first kappa shape index (κ1) is 14.4. The molecule has 116 valence electrons. The van der Waals surface area contributed by atoms with E-state index in [1.165, 1.54) is 0 Å². The summed E-state index contributed by atoms with van der Waals surface area (Å²) in [6.45, 7) is 0. The predicted molar refractivity (Wildman–Crippen MR) is 97.8 cm³/mol. The molecule has 4 heteroatoms. The van der Waals surface area contributed by atoms with E-state index < -0.39 is 0 Å². The van der Waals surface area contributed by atoms with Gasteiger partial charge in [0.05, 0.1) is 5.69 Å². The lowest BCUT2D eigenvalue weighted by molar-refractivity contribution is 0.389. The zero-order valence-electron chi connectivity index (χ0n) is 12.7. The van der Waals surface area contributed by atoms with Crippen molar-refractivity contribution in [2.24, 2.45) is 5.18 Å². The first-order valence-corrected chi connectivity index (χ1v) is 7.61. The molecule has 0 aromatic heterocycles. The van der Waals surface area contributed by atoms with Crippen molar-refractivity contribution in [1.29, 1.82) is 0 Å². The molecule has 4 rings (SSSR count). The molecule has 24 heavy (non-hydrogen) atoms. The van der Waals surface area contributed by atoms with E-state index in [-0.39, 0.29) is 0 Å². The standard InChI is InChI=1S/C20H14N2O2/c23-21-17-11-9-13-5-1-3-7-15(13)19(17)20-16-8-4-2-6-14(16)10-12-18(20)22-24/h1-12,21,23H. The summed E-state index contributed by atoms with van der Waals surface area (Å²) < 4.78 is 0. The van der Waals surface area contributed by atoms with Crippen LogP contribution in [0, 0.1) is 4.91 Å². The van der Waals surface area contributed by atoms with Crippen LogP contribution in [0.3, 0.4) is 0 Å². The Balaban J connectivity index is 2.23. The van der Waals surface area contributed by atoms with Crippen molar-refractivity contribution in [3.8, 4) is 11.1 Å². The Morgan fingerprint density at radius 1 is 0.708 bits per heavy atom. The van der Waals surface area contributed by atoms with Gasteiger partial charge in [-0.2, -0.15) is 0 Å². The topological polar surface area (TPSA) is 61.7 Å². The molecule has 0 bridgehead atoms. The molecule has 4 aromatic carbocycles. The minimum atomic E-state index is 0.349. The molecule has 2 N–H and O–H groups in total. The molecular weight excluding hydrogens is 300 g/mol. The quantitative estimate of drug-likeness (QED) is 0.368. The van der Waals surface area contributed by atoms with E-state index in [9.17, 15) is 10.1 Å². The van der Waals surface area contributed by atoms with E-state index in [1.54, 1.807) is 12.1 Å². The number of fused-ring (bicyclic) bond motifs is 2. The molecule has 0 fully saturated rings. The van der Waals surface area contributed by atoms with E-state index in [1.807, 2.05) is 60.7 Å². The molecule has 4 aromatic rings. The number of nitroso groups, excluding NO2 is 1. The molecule has 0 heterocycles. The summed E-state index contributed by atoms with van der Waals surface area (Å²) >= 11 is 0. The minimum absolute atomic E-state index is 0.349. The SMILES string of the molecule is O=Nc1ccc2ccccc2c1-c1c(NO)ccc2ccccc12. The Hall–Kier alpha value is -3.24. The lowest BCUT2D eigenvalue weighted by Crippen LogP contribution is -1.95. The largest absolute Gasteiger partial charge is 0.291 e. The van der Waals surface area contributed by atoms with Crippen molar-refractivity contribution in [3.63, 3.8) is 0 Å². The fourth-order valence-corrected chi connectivity index (χ4v) is 3.23. The Morgan fingerprint density at radius 3 is 1.92 bits per heavy atom. The molecule has 0 unspecified atom stereocenters. The maximum atomic E-state index is 11.4. The maximum absolute atomic E-state index is 11.4. The van der Waals surface area contributed by atoms with Crippen molar-refractivity contribution < 1.29 is 5.21 Å². The Bertz CT molecular complexity index is 1070. The molecule has 0 saturated carbocycles. The second-order valence-corrected chi connectivity index (χ2v) is 5.59. The van der Waals surface area contributed by atoms with Gasteiger partial charge in [-0.05, 0) is 38.9 Å². The van der Waals surface area contributed by atoms with Crippen molar-refractivity contribution in [2.75, 3.05) is 5.48 Å². The van der Waals surface area contributed by atoms with Gasteiger partial charge in [-0.3, -0.25) is 10.7 Å². The number of rotatable bonds is 3. The average Bonchev–Trinajstić information content (AvgIpc) is 2.66. The molecule has 0 aliphatic carbocycles. The van der Waals surface area contributed by atoms with E-state index in [0.29, 0.717) is 11.4 Å². The molecule has 0 aliphatic heterocycles. The van der Waals surface area contributed by atoms with Gasteiger partial charge in [0, 0.05) is 11.1 Å². The summed E-state index contributed by atoms with van der Waals surface area (Å²) in [6.07, 6.45) is 0. The minimum Gasteiger partial charge on any atom is -0.291 e. The van der Waals surface area contributed by atoms with Crippen LogP contribution >= 0.6 is 0 Å². The third kappa shape index (κ3) is 2.13. The number of nitrogens with zero attached hydrogens (tertiary/aromatic N) is 1. The summed E-state index contributed by atoms with van der Waals surface area (Å²) in [7, 11) is 0. The summed E-state index contributed by atoms with van der Waals surface area (Å²) in [5.74, 6) is 0. The van der Waals surface area contributed by atoms with Crippen LogP contribution in [-0.4, -0.2) is 5.21 Å². The molecule has 4 nitrogen and oxygen atoms in total. The number of benzene rings is 4. The highest BCUT2D eigenvalue weighted by Crippen LogP contribution is 2.44. The molecule has 0 spiro atoms. The maximum Gasteiger partial charge on any atom is 0.116 e. The first-order chi connectivity index (χ1) is 11.8. The second-order valence-electron chi connectivity index (χ2n) is 5.59. The third-order valence-electron chi connectivity index (χ3n) is 4.30. The van der Waals surface area contributed by atoms with E-state index in [0.717, 1.165) is 32.7 Å². The molecule has 0 aliphatic rings. The van der Waals surface area contributed by atoms with Gasteiger partial charge in [0.15, 0.2) is 0 Å². The zero-order chi connectivity index (χ0) is 16.5. The molecule has 0 radical (unpaired) electrons. The zero-order valence-corrected chi connectivity index (χ0v) is 12.7. The number of hydrogen-bond acceptors (Lipinski definition) is 4. The van der Waals surface area contributed by atoms with Crippen molar-refractivity contribution in [2.45, 2.75) is 0 Å². The summed E-state index contributed by atoms with van der Waals surface area (Å²) in [6, 6.07) is 23.0. The van der Waals surface area contributed by atoms with Gasteiger partial charge in [0.25, 0.3) is 0 Å². The Morgan fingerprint density at radius 2 is 1.29 bits per heavy atom. The van der Waals surface area contributed by atoms with Crippen LogP contribution in [0.1, 0.15) is 0 Å². The van der Waals surface area contributed by atoms with Gasteiger partial charge < -0.3 is 0 Å². The molecular formula is C20H14N2O2. The highest BCUT2D eigenvalue weighted by molar-refractivity contribution is 6.12. The van der Waals surface area contributed by atoms with Gasteiger partial charge in [0.1, 0.15) is 5.69 Å². The fourth-order valence-electron chi connectivity index (χ4n) is 3.23.